The van der Waals surface area contributed by atoms with Gasteiger partial charge in [0.15, 0.2) is 5.96 Å². The summed E-state index contributed by atoms with van der Waals surface area (Å²) in [7, 11) is 0. The van der Waals surface area contributed by atoms with E-state index in [1.54, 1.807) is 12.1 Å². The molecule has 0 aliphatic carbocycles. The van der Waals surface area contributed by atoms with Crippen LogP contribution in [0.15, 0.2) is 29.3 Å². The van der Waals surface area contributed by atoms with E-state index in [4.69, 9.17) is 14.5 Å². The average molecular weight is 434 g/mol. The SMILES string of the molecule is CCNC(=NCC1(c2ccc(F)cc2)CCOCC1)NCC1CCCOC1C(C)(C)C. The second-order valence-electron chi connectivity index (χ2n) is 10.0. The molecule has 2 aliphatic heterocycles. The van der Waals surface area contributed by atoms with Gasteiger partial charge in [-0.25, -0.2) is 4.39 Å². The lowest BCUT2D eigenvalue weighted by molar-refractivity contribution is -0.0835. The summed E-state index contributed by atoms with van der Waals surface area (Å²) in [4.78, 5) is 4.98. The van der Waals surface area contributed by atoms with Gasteiger partial charge in [-0.3, -0.25) is 4.99 Å². The van der Waals surface area contributed by atoms with Gasteiger partial charge in [0.1, 0.15) is 5.82 Å². The Morgan fingerprint density at radius 1 is 1.13 bits per heavy atom. The first kappa shape index (κ1) is 24.0. The van der Waals surface area contributed by atoms with E-state index in [2.05, 4.69) is 38.3 Å². The van der Waals surface area contributed by atoms with Gasteiger partial charge in [0.2, 0.25) is 0 Å². The highest BCUT2D eigenvalue weighted by atomic mass is 19.1. The number of rotatable bonds is 6. The van der Waals surface area contributed by atoms with Gasteiger partial charge in [0.05, 0.1) is 12.6 Å². The zero-order valence-corrected chi connectivity index (χ0v) is 19.7. The van der Waals surface area contributed by atoms with Crippen molar-refractivity contribution in [2.24, 2.45) is 16.3 Å². The molecule has 174 valence electrons. The van der Waals surface area contributed by atoms with Crippen LogP contribution in [0.3, 0.4) is 0 Å². The molecule has 0 bridgehead atoms. The van der Waals surface area contributed by atoms with Gasteiger partial charge < -0.3 is 20.1 Å². The number of halogens is 1. The molecule has 6 heteroatoms. The summed E-state index contributed by atoms with van der Waals surface area (Å²) in [6, 6.07) is 6.92. The third kappa shape index (κ3) is 6.42. The molecule has 0 aromatic heterocycles. The Hall–Kier alpha value is -1.66. The van der Waals surface area contributed by atoms with Crippen LogP contribution in [0.25, 0.3) is 0 Å². The van der Waals surface area contributed by atoms with E-state index >= 15 is 0 Å². The molecular weight excluding hydrogens is 393 g/mol. The zero-order valence-electron chi connectivity index (χ0n) is 19.7. The molecule has 1 aromatic carbocycles. The molecule has 0 saturated carbocycles. The van der Waals surface area contributed by atoms with Crippen molar-refractivity contribution in [2.45, 2.75) is 64.9 Å². The molecule has 1 aromatic rings. The number of hydrogen-bond acceptors (Lipinski definition) is 3. The molecule has 2 saturated heterocycles. The van der Waals surface area contributed by atoms with E-state index in [0.29, 0.717) is 25.7 Å². The van der Waals surface area contributed by atoms with Gasteiger partial charge in [-0.2, -0.15) is 0 Å². The minimum atomic E-state index is -0.201. The van der Waals surface area contributed by atoms with Gasteiger partial charge in [-0.05, 0) is 55.7 Å². The van der Waals surface area contributed by atoms with Crippen molar-refractivity contribution in [1.82, 2.24) is 10.6 Å². The standard InChI is InChI=1S/C25H40FN3O2/c1-5-27-23(28-17-19-7-6-14-31-22(19)24(2,3)4)29-18-25(12-15-30-16-13-25)20-8-10-21(26)11-9-20/h8-11,19,22H,5-7,12-18H2,1-4H3,(H2,27,28,29). The van der Waals surface area contributed by atoms with Gasteiger partial charge in [-0.15, -0.1) is 0 Å². The summed E-state index contributed by atoms with van der Waals surface area (Å²) < 4.78 is 25.3. The molecule has 2 aliphatic rings. The Bertz CT molecular complexity index is 708. The van der Waals surface area contributed by atoms with Crippen LogP contribution in [-0.4, -0.2) is 51.5 Å². The average Bonchev–Trinajstić information content (AvgIpc) is 2.76. The summed E-state index contributed by atoms with van der Waals surface area (Å²) in [5.74, 6) is 1.10. The van der Waals surface area contributed by atoms with E-state index in [1.165, 1.54) is 6.42 Å². The molecule has 0 spiro atoms. The minimum Gasteiger partial charge on any atom is -0.381 e. The Kier molecular flexibility index (Phi) is 8.34. The monoisotopic (exact) mass is 433 g/mol. The minimum absolute atomic E-state index is 0.115. The molecule has 2 unspecified atom stereocenters. The summed E-state index contributed by atoms with van der Waals surface area (Å²) in [5.41, 5.74) is 1.15. The Morgan fingerprint density at radius 2 is 1.84 bits per heavy atom. The number of guanidine groups is 1. The molecule has 5 nitrogen and oxygen atoms in total. The lowest BCUT2D eigenvalue weighted by Crippen LogP contribution is -2.48. The number of aliphatic imine (C=N–C) groups is 1. The van der Waals surface area contributed by atoms with E-state index in [-0.39, 0.29) is 22.8 Å². The summed E-state index contributed by atoms with van der Waals surface area (Å²) >= 11 is 0. The normalized spacial score (nSPS) is 24.6. The van der Waals surface area contributed by atoms with Crippen LogP contribution in [0.2, 0.25) is 0 Å². The van der Waals surface area contributed by atoms with Gasteiger partial charge in [0, 0.05) is 44.2 Å². The second-order valence-corrected chi connectivity index (χ2v) is 10.0. The van der Waals surface area contributed by atoms with Crippen LogP contribution in [-0.2, 0) is 14.9 Å². The van der Waals surface area contributed by atoms with E-state index < -0.39 is 0 Å². The third-order valence-corrected chi connectivity index (χ3v) is 6.62. The third-order valence-electron chi connectivity index (χ3n) is 6.62. The highest BCUT2D eigenvalue weighted by Gasteiger charge is 2.36. The maximum atomic E-state index is 13.5. The number of nitrogens with zero attached hydrogens (tertiary/aromatic N) is 1. The van der Waals surface area contributed by atoms with E-state index in [1.807, 2.05) is 12.1 Å². The largest absolute Gasteiger partial charge is 0.381 e. The predicted molar refractivity (Wildman–Crippen MR) is 124 cm³/mol. The molecule has 3 rings (SSSR count). The first-order chi connectivity index (χ1) is 14.8. The predicted octanol–water partition coefficient (Wildman–Crippen LogP) is 4.27. The maximum Gasteiger partial charge on any atom is 0.191 e. The van der Waals surface area contributed by atoms with Gasteiger partial charge in [0.25, 0.3) is 0 Å². The van der Waals surface area contributed by atoms with Crippen molar-refractivity contribution >= 4 is 5.96 Å². The van der Waals surface area contributed by atoms with Crippen LogP contribution in [0.1, 0.15) is 58.9 Å². The summed E-state index contributed by atoms with van der Waals surface area (Å²) in [5, 5.41) is 6.98. The lowest BCUT2D eigenvalue weighted by Gasteiger charge is -2.40. The van der Waals surface area contributed by atoms with Crippen molar-refractivity contribution < 1.29 is 13.9 Å². The molecule has 2 N–H and O–H groups in total. The molecule has 2 heterocycles. The molecule has 0 radical (unpaired) electrons. The lowest BCUT2D eigenvalue weighted by atomic mass is 9.74. The maximum absolute atomic E-state index is 13.5. The van der Waals surface area contributed by atoms with Gasteiger partial charge in [-0.1, -0.05) is 32.9 Å². The van der Waals surface area contributed by atoms with Crippen molar-refractivity contribution in [1.29, 1.82) is 0 Å². The molecule has 2 atom stereocenters. The molecular formula is C25H40FN3O2. The quantitative estimate of drug-likeness (QED) is 0.520. The Balaban J connectivity index is 1.71. The Morgan fingerprint density at radius 3 is 2.48 bits per heavy atom. The number of nitrogens with one attached hydrogen (secondary N) is 2. The zero-order chi connectivity index (χ0) is 22.3. The molecule has 2 fully saturated rings. The van der Waals surface area contributed by atoms with Crippen molar-refractivity contribution in [3.05, 3.63) is 35.6 Å². The van der Waals surface area contributed by atoms with Crippen molar-refractivity contribution in [3.8, 4) is 0 Å². The van der Waals surface area contributed by atoms with Crippen molar-refractivity contribution in [2.75, 3.05) is 39.5 Å². The second kappa shape index (κ2) is 10.8. The molecule has 0 amide bonds. The fourth-order valence-corrected chi connectivity index (χ4v) is 4.91. The van der Waals surface area contributed by atoms with Crippen molar-refractivity contribution in [3.63, 3.8) is 0 Å². The summed E-state index contributed by atoms with van der Waals surface area (Å²) in [6.45, 7) is 13.4. The first-order valence-corrected chi connectivity index (χ1v) is 11.8. The van der Waals surface area contributed by atoms with Crippen LogP contribution in [0, 0.1) is 17.2 Å². The van der Waals surface area contributed by atoms with Crippen LogP contribution >= 0.6 is 0 Å². The smallest absolute Gasteiger partial charge is 0.191 e. The van der Waals surface area contributed by atoms with Crippen LogP contribution in [0.4, 0.5) is 4.39 Å². The fourth-order valence-electron chi connectivity index (χ4n) is 4.91. The first-order valence-electron chi connectivity index (χ1n) is 11.8. The topological polar surface area (TPSA) is 54.9 Å². The van der Waals surface area contributed by atoms with E-state index in [9.17, 15) is 4.39 Å². The highest BCUT2D eigenvalue weighted by molar-refractivity contribution is 5.79. The van der Waals surface area contributed by atoms with Crippen LogP contribution < -0.4 is 10.6 Å². The van der Waals surface area contributed by atoms with Gasteiger partial charge >= 0.3 is 0 Å². The number of ether oxygens (including phenoxy) is 2. The number of benzene rings is 1. The Labute approximate surface area is 187 Å². The summed E-state index contributed by atoms with van der Waals surface area (Å²) in [6.07, 6.45) is 4.32. The van der Waals surface area contributed by atoms with Crippen LogP contribution in [0.5, 0.6) is 0 Å². The molecule has 31 heavy (non-hydrogen) atoms. The fraction of sp³-hybridized carbons (Fsp3) is 0.720. The highest BCUT2D eigenvalue weighted by Crippen LogP contribution is 2.36. The van der Waals surface area contributed by atoms with E-state index in [0.717, 1.165) is 50.5 Å². The number of hydrogen-bond donors (Lipinski definition) is 2.